The number of phenols is 1. The average Bonchev–Trinajstić information content (AvgIpc) is 3.13. The number of benzene rings is 1. The maximum atomic E-state index is 14.5. The molecule has 1 heterocycles. The Morgan fingerprint density at radius 2 is 1.84 bits per heavy atom. The lowest BCUT2D eigenvalue weighted by Gasteiger charge is -2.31. The van der Waals surface area contributed by atoms with Gasteiger partial charge in [-0.25, -0.2) is 9.18 Å². The molecular weight excluding hydrogens is 423 g/mol. The van der Waals surface area contributed by atoms with Crippen molar-refractivity contribution < 1.29 is 38.5 Å². The molecule has 4 atom stereocenters. The van der Waals surface area contributed by atoms with Gasteiger partial charge in [0.15, 0.2) is 0 Å². The Labute approximate surface area is 186 Å². The molecular formula is C22H31FN2O7. The highest BCUT2D eigenvalue weighted by Gasteiger charge is 2.44. The van der Waals surface area contributed by atoms with E-state index in [0.29, 0.717) is 18.5 Å². The highest BCUT2D eigenvalue weighted by molar-refractivity contribution is 5.81. The molecule has 0 spiro atoms. The van der Waals surface area contributed by atoms with E-state index in [2.05, 4.69) is 10.6 Å². The van der Waals surface area contributed by atoms with Crippen LogP contribution in [0.1, 0.15) is 46.1 Å². The Morgan fingerprint density at radius 3 is 2.34 bits per heavy atom. The van der Waals surface area contributed by atoms with Crippen molar-refractivity contribution in [3.63, 3.8) is 0 Å². The van der Waals surface area contributed by atoms with Gasteiger partial charge in [0.05, 0.1) is 0 Å². The Kier molecular flexibility index (Phi) is 8.19. The second-order valence-corrected chi connectivity index (χ2v) is 8.97. The van der Waals surface area contributed by atoms with Crippen molar-refractivity contribution in [2.24, 2.45) is 5.41 Å². The first-order valence-electron chi connectivity index (χ1n) is 10.4. The molecule has 0 amide bonds. The van der Waals surface area contributed by atoms with Gasteiger partial charge in [-0.3, -0.25) is 20.2 Å². The smallest absolute Gasteiger partial charge is 0.362 e. The Balaban J connectivity index is 2.13. The van der Waals surface area contributed by atoms with Crippen molar-refractivity contribution in [2.75, 3.05) is 6.54 Å². The molecule has 0 bridgehead atoms. The van der Waals surface area contributed by atoms with Gasteiger partial charge < -0.3 is 19.7 Å². The summed E-state index contributed by atoms with van der Waals surface area (Å²) < 4.78 is 24.6. The van der Waals surface area contributed by atoms with Gasteiger partial charge in [0.1, 0.15) is 17.8 Å². The summed E-state index contributed by atoms with van der Waals surface area (Å²) in [5.74, 6) is -5.45. The zero-order valence-electron chi connectivity index (χ0n) is 18.7. The Hall–Kier alpha value is -2.72. The van der Waals surface area contributed by atoms with Gasteiger partial charge in [0, 0.05) is 13.3 Å². The molecule has 1 fully saturated rings. The fraction of sp³-hybridized carbons (Fsp3) is 0.591. The van der Waals surface area contributed by atoms with Gasteiger partial charge >= 0.3 is 17.9 Å². The number of halogens is 1. The van der Waals surface area contributed by atoms with Gasteiger partial charge in [-0.05, 0) is 42.5 Å². The number of rotatable bonds is 9. The van der Waals surface area contributed by atoms with Crippen LogP contribution in [0.15, 0.2) is 24.3 Å². The molecule has 10 heteroatoms. The standard InChI is InChI=1S/C22H31FN2O7/c1-13(32-20(30)22(23)10-5-11-24-22)31-19(29)16(12-14-6-8-15(26)9-7-14)25-17(18(27)28)21(2,3)4/h6-9,13,16-17,24-26H,5,10-12H2,1-4H3,(H,27,28)/t13?,16?,17?,22-/m0/s1. The number of phenolic OH excluding ortho intramolecular Hbond substituents is 1. The molecule has 2 rings (SSSR count). The van der Waals surface area contributed by atoms with Crippen LogP contribution in [-0.4, -0.2) is 58.8 Å². The SMILES string of the molecule is CC(OC(=O)C(Cc1ccc(O)cc1)NC(C(=O)O)C(C)(C)C)OC(=O)[C@]1(F)CCCN1. The zero-order valence-corrected chi connectivity index (χ0v) is 18.7. The molecule has 1 aromatic carbocycles. The minimum Gasteiger partial charge on any atom is -0.508 e. The van der Waals surface area contributed by atoms with E-state index in [4.69, 9.17) is 9.47 Å². The molecule has 4 N–H and O–H groups in total. The van der Waals surface area contributed by atoms with E-state index in [0.717, 1.165) is 0 Å². The monoisotopic (exact) mass is 454 g/mol. The third-order valence-electron chi connectivity index (χ3n) is 5.12. The van der Waals surface area contributed by atoms with Crippen molar-refractivity contribution >= 4 is 17.9 Å². The summed E-state index contributed by atoms with van der Waals surface area (Å²) in [5, 5.41) is 24.3. The Bertz CT molecular complexity index is 817. The number of ether oxygens (including phenoxy) is 2. The maximum absolute atomic E-state index is 14.5. The number of aromatic hydroxyl groups is 1. The van der Waals surface area contributed by atoms with E-state index in [1.165, 1.54) is 19.1 Å². The summed E-state index contributed by atoms with van der Waals surface area (Å²) in [6.07, 6.45) is -0.897. The third-order valence-corrected chi connectivity index (χ3v) is 5.12. The number of carboxylic acids is 1. The maximum Gasteiger partial charge on any atom is 0.362 e. The molecule has 0 saturated carbocycles. The quantitative estimate of drug-likeness (QED) is 0.251. The molecule has 178 valence electrons. The summed E-state index contributed by atoms with van der Waals surface area (Å²) in [6, 6.07) is 3.86. The number of carbonyl (C=O) groups excluding carboxylic acids is 2. The zero-order chi connectivity index (χ0) is 24.1. The summed E-state index contributed by atoms with van der Waals surface area (Å²) in [5.41, 5.74) is -0.0931. The van der Waals surface area contributed by atoms with Crippen molar-refractivity contribution in [1.82, 2.24) is 10.6 Å². The fourth-order valence-electron chi connectivity index (χ4n) is 3.37. The van der Waals surface area contributed by atoms with Crippen LogP contribution in [0.2, 0.25) is 0 Å². The minimum absolute atomic E-state index is 0.0383. The largest absolute Gasteiger partial charge is 0.508 e. The number of hydrogen-bond donors (Lipinski definition) is 4. The molecule has 3 unspecified atom stereocenters. The van der Waals surface area contributed by atoms with E-state index in [1.807, 2.05) is 0 Å². The second-order valence-electron chi connectivity index (χ2n) is 8.97. The van der Waals surface area contributed by atoms with E-state index < -0.39 is 47.5 Å². The molecule has 9 nitrogen and oxygen atoms in total. The lowest BCUT2D eigenvalue weighted by molar-refractivity contribution is -0.195. The summed E-state index contributed by atoms with van der Waals surface area (Å²) >= 11 is 0. The number of carboxylic acid groups (broad SMARTS) is 1. The molecule has 1 aromatic rings. The molecule has 1 aliphatic heterocycles. The second kappa shape index (κ2) is 10.3. The number of hydrogen-bond acceptors (Lipinski definition) is 8. The molecule has 1 saturated heterocycles. The fourth-order valence-corrected chi connectivity index (χ4v) is 3.37. The Morgan fingerprint density at radius 1 is 1.22 bits per heavy atom. The topological polar surface area (TPSA) is 134 Å². The van der Waals surface area contributed by atoms with Gasteiger partial charge in [0.2, 0.25) is 6.29 Å². The van der Waals surface area contributed by atoms with Crippen molar-refractivity contribution in [3.05, 3.63) is 29.8 Å². The highest BCUT2D eigenvalue weighted by Crippen LogP contribution is 2.24. The number of alkyl halides is 1. The summed E-state index contributed by atoms with van der Waals surface area (Å²) in [6.45, 7) is 6.75. The van der Waals surface area contributed by atoms with E-state index in [-0.39, 0.29) is 18.6 Å². The van der Waals surface area contributed by atoms with E-state index in [9.17, 15) is 29.0 Å². The van der Waals surface area contributed by atoms with Gasteiger partial charge in [-0.2, -0.15) is 0 Å². The highest BCUT2D eigenvalue weighted by atomic mass is 19.1. The van der Waals surface area contributed by atoms with E-state index >= 15 is 0 Å². The first-order valence-corrected chi connectivity index (χ1v) is 10.4. The van der Waals surface area contributed by atoms with Crippen LogP contribution in [-0.2, 0) is 30.3 Å². The predicted octanol–water partition coefficient (Wildman–Crippen LogP) is 1.87. The van der Waals surface area contributed by atoms with Crippen molar-refractivity contribution in [2.45, 2.75) is 71.1 Å². The average molecular weight is 454 g/mol. The van der Waals surface area contributed by atoms with Crippen LogP contribution >= 0.6 is 0 Å². The lowest BCUT2D eigenvalue weighted by atomic mass is 9.86. The molecule has 0 aliphatic carbocycles. The summed E-state index contributed by atoms with van der Waals surface area (Å²) in [4.78, 5) is 36.7. The van der Waals surface area contributed by atoms with Crippen molar-refractivity contribution in [1.29, 1.82) is 0 Å². The molecule has 0 aromatic heterocycles. The minimum atomic E-state index is -2.31. The number of esters is 2. The van der Waals surface area contributed by atoms with Crippen LogP contribution in [0, 0.1) is 5.41 Å². The first kappa shape index (κ1) is 25.5. The van der Waals surface area contributed by atoms with Crippen molar-refractivity contribution in [3.8, 4) is 5.75 Å². The number of nitrogens with one attached hydrogen (secondary N) is 2. The summed E-state index contributed by atoms with van der Waals surface area (Å²) in [7, 11) is 0. The first-order chi connectivity index (χ1) is 14.8. The van der Waals surface area contributed by atoms with Gasteiger partial charge in [-0.15, -0.1) is 0 Å². The normalized spacial score (nSPS) is 21.4. The van der Waals surface area contributed by atoms with Gasteiger partial charge in [0.25, 0.3) is 5.79 Å². The number of carbonyl (C=O) groups is 3. The van der Waals surface area contributed by atoms with Crippen LogP contribution < -0.4 is 10.6 Å². The predicted molar refractivity (Wildman–Crippen MR) is 112 cm³/mol. The molecule has 0 radical (unpaired) electrons. The third kappa shape index (κ3) is 6.89. The van der Waals surface area contributed by atoms with E-state index in [1.54, 1.807) is 32.9 Å². The number of aliphatic carboxylic acids is 1. The van der Waals surface area contributed by atoms with Gasteiger partial charge in [-0.1, -0.05) is 32.9 Å². The lowest BCUT2D eigenvalue weighted by Crippen LogP contribution is -2.54. The van der Waals surface area contributed by atoms with Crippen LogP contribution in [0.3, 0.4) is 0 Å². The van der Waals surface area contributed by atoms with Crippen LogP contribution in [0.25, 0.3) is 0 Å². The van der Waals surface area contributed by atoms with Crippen LogP contribution in [0.4, 0.5) is 4.39 Å². The van der Waals surface area contributed by atoms with Crippen LogP contribution in [0.5, 0.6) is 5.75 Å². The molecule has 1 aliphatic rings. The molecule has 32 heavy (non-hydrogen) atoms.